The van der Waals surface area contributed by atoms with Crippen molar-refractivity contribution < 1.29 is 47.9 Å². The van der Waals surface area contributed by atoms with Gasteiger partial charge in [-0.1, -0.05) is 0 Å². The van der Waals surface area contributed by atoms with Gasteiger partial charge in [-0.15, -0.1) is 0 Å². The molecule has 0 atom stereocenters. The van der Waals surface area contributed by atoms with E-state index in [0.717, 1.165) is 0 Å². The van der Waals surface area contributed by atoms with Crippen LogP contribution in [0.1, 0.15) is 0 Å². The molecule has 0 aliphatic rings. The van der Waals surface area contributed by atoms with Gasteiger partial charge in [0.1, 0.15) is 0 Å². The van der Waals surface area contributed by atoms with Gasteiger partial charge in [0, 0.05) is 47.9 Å². The average molecular weight is 200 g/mol. The Bertz CT molecular complexity index is 8.00. The van der Waals surface area contributed by atoms with Crippen molar-refractivity contribution in [1.29, 1.82) is 0 Å². The maximum Gasteiger partial charge on any atom is 0.187 e. The Morgan fingerprint density at radius 3 is 1.00 bits per heavy atom. The molecule has 0 unspecified atom stereocenters. The van der Waals surface area contributed by atoms with Crippen LogP contribution in [0.4, 0.5) is 0 Å². The molecule has 0 spiro atoms. The van der Waals surface area contributed by atoms with Crippen molar-refractivity contribution in [2.24, 2.45) is 0 Å². The average Bonchev–Trinajstić information content (AvgIpc) is 0. The second kappa shape index (κ2) is 18.3. The quantitative estimate of drug-likeness (QED) is 0.383. The van der Waals surface area contributed by atoms with E-state index in [9.17, 15) is 0 Å². The predicted molar refractivity (Wildman–Crippen MR) is 19.9 cm³/mol. The summed E-state index contributed by atoms with van der Waals surface area (Å²) in [5, 5.41) is 0. The second-order valence-electron chi connectivity index (χ2n) is 0. The second-order valence-corrected chi connectivity index (χ2v) is 0. The van der Waals surface area contributed by atoms with Crippen LogP contribution >= 0.6 is 0 Å². The molecule has 21 valence electrons. The van der Waals surface area contributed by atoms with E-state index in [1.807, 2.05) is 0 Å². The van der Waals surface area contributed by atoms with Gasteiger partial charge in [0.05, 0.1) is 0 Å². The molecule has 0 heterocycles. The van der Waals surface area contributed by atoms with Crippen LogP contribution in [0, 0.1) is 0 Å². The molecule has 0 amide bonds. The summed E-state index contributed by atoms with van der Waals surface area (Å²) in [6.45, 7) is 0. The zero-order valence-corrected chi connectivity index (χ0v) is 8.02. The molecule has 0 aliphatic carbocycles. The summed E-state index contributed by atoms with van der Waals surface area (Å²) in [5.41, 5.74) is 0. The molecule has 0 aromatic carbocycles. The number of rotatable bonds is 0. The van der Waals surface area contributed by atoms with Gasteiger partial charge in [-0.3, -0.25) is 0 Å². The Morgan fingerprint density at radius 1 is 1.00 bits per heavy atom. The van der Waals surface area contributed by atoms with Gasteiger partial charge in [0.25, 0.3) is 0 Å². The topological polar surface area (TPSA) is 0 Å². The van der Waals surface area contributed by atoms with E-state index < -0.39 is 0 Å². The molecule has 0 aromatic heterocycles. The van der Waals surface area contributed by atoms with E-state index in [2.05, 4.69) is 0 Å². The van der Waals surface area contributed by atoms with Crippen LogP contribution in [0.2, 0.25) is 0 Å². The maximum absolute atomic E-state index is 0. The van der Waals surface area contributed by atoms with E-state index in [1.54, 1.807) is 0 Å². The van der Waals surface area contributed by atoms with Gasteiger partial charge in [-0.05, 0) is 11.0 Å². The van der Waals surface area contributed by atoms with Crippen molar-refractivity contribution in [2.75, 3.05) is 0 Å². The molecular weight excluding hydrogens is 194 g/mol. The van der Waals surface area contributed by atoms with E-state index in [-0.39, 0.29) is 76.2 Å². The molecule has 0 aromatic rings. The van der Waals surface area contributed by atoms with Crippen molar-refractivity contribution >= 4 is 28.3 Å². The third-order valence-corrected chi connectivity index (χ3v) is 0. The largest absolute Gasteiger partial charge is 0.187 e. The summed E-state index contributed by atoms with van der Waals surface area (Å²) in [5.74, 6) is 0. The Kier molecular flexibility index (Phi) is 151. The summed E-state index contributed by atoms with van der Waals surface area (Å²) >= 11 is 0. The molecule has 4 heteroatoms. The fourth-order valence-electron chi connectivity index (χ4n) is 0. The van der Waals surface area contributed by atoms with Gasteiger partial charge in [0.2, 0.25) is 0 Å². The number of hydrogen-bond donors (Lipinski definition) is 0. The van der Waals surface area contributed by atoms with Crippen LogP contribution in [0.3, 0.4) is 0 Å². The third-order valence-electron chi connectivity index (χ3n) is 0. The van der Waals surface area contributed by atoms with Crippen LogP contribution in [0.5, 0.6) is 0 Å². The van der Waals surface area contributed by atoms with E-state index in [4.69, 9.17) is 0 Å². The van der Waals surface area contributed by atoms with Crippen LogP contribution in [0.25, 0.3) is 0 Å². The summed E-state index contributed by atoms with van der Waals surface area (Å²) < 4.78 is 0. The van der Waals surface area contributed by atoms with E-state index in [1.165, 1.54) is 0 Å². The molecule has 0 nitrogen and oxygen atoms in total. The molecule has 0 N–H and O–H groups in total. The van der Waals surface area contributed by atoms with Crippen LogP contribution in [0.15, 0.2) is 0 Å². The fraction of sp³-hybridized carbons (Fsp3) is 0. The van der Waals surface area contributed by atoms with Crippen molar-refractivity contribution in [3.8, 4) is 0 Å². The van der Waals surface area contributed by atoms with Gasteiger partial charge in [-0.2, -0.15) is 0 Å². The minimum Gasteiger partial charge on any atom is -0.0125 e. The predicted octanol–water partition coefficient (Wildman–Crippen LogP) is -2.37. The minimum absolute atomic E-state index is 0. The standard InChI is InChI=1S/Al.H3Si.Ti.Zr.3H/h;1H3;;;;;. The molecule has 0 bridgehead atoms. The third kappa shape index (κ3) is 8.84. The van der Waals surface area contributed by atoms with Crippen LogP contribution < -0.4 is 0 Å². The molecule has 0 saturated carbocycles. The molecule has 0 saturated heterocycles. The van der Waals surface area contributed by atoms with Gasteiger partial charge < -0.3 is 0 Å². The van der Waals surface area contributed by atoms with Gasteiger partial charge >= 0.3 is 0 Å². The SMILES string of the molecule is [AlH3].[SiH3].[Ti].[Zr]. The molecule has 0 fully saturated rings. The Labute approximate surface area is 75.3 Å². The first-order valence-electron chi connectivity index (χ1n) is 0. The zero-order chi connectivity index (χ0) is 0. The Morgan fingerprint density at radius 2 is 1.00 bits per heavy atom. The normalized spacial score (nSPS) is 0. The first kappa shape index (κ1) is 32.9. The molecule has 4 heavy (non-hydrogen) atoms. The summed E-state index contributed by atoms with van der Waals surface area (Å²) in [6, 6.07) is 0. The van der Waals surface area contributed by atoms with Crippen molar-refractivity contribution in [3.63, 3.8) is 0 Å². The maximum atomic E-state index is 0. The minimum atomic E-state index is 0. The van der Waals surface area contributed by atoms with E-state index >= 15 is 0 Å². The van der Waals surface area contributed by atoms with Gasteiger partial charge in [-0.25, -0.2) is 0 Å². The first-order chi connectivity index (χ1) is 0. The summed E-state index contributed by atoms with van der Waals surface area (Å²) in [6.07, 6.45) is 0. The number of hydrogen-bond acceptors (Lipinski definition) is 0. The Hall–Kier alpha value is 2.35. The summed E-state index contributed by atoms with van der Waals surface area (Å²) in [4.78, 5) is 0. The monoisotopic (exact) mass is 199 g/mol. The summed E-state index contributed by atoms with van der Waals surface area (Å²) in [7, 11) is 0. The zero-order valence-electron chi connectivity index (χ0n) is 2.00. The molecule has 0 rings (SSSR count). The van der Waals surface area contributed by atoms with Crippen LogP contribution in [-0.4, -0.2) is 28.3 Å². The fourth-order valence-corrected chi connectivity index (χ4v) is 0. The molecular formula is H6AlSiTiZr. The van der Waals surface area contributed by atoms with Crippen molar-refractivity contribution in [1.82, 2.24) is 0 Å². The van der Waals surface area contributed by atoms with Crippen molar-refractivity contribution in [2.45, 2.75) is 0 Å². The van der Waals surface area contributed by atoms with Crippen LogP contribution in [-0.2, 0) is 47.9 Å². The van der Waals surface area contributed by atoms with E-state index in [0.29, 0.717) is 0 Å². The Balaban J connectivity index is 0. The van der Waals surface area contributed by atoms with Crippen molar-refractivity contribution in [3.05, 3.63) is 0 Å². The van der Waals surface area contributed by atoms with Gasteiger partial charge in [0.15, 0.2) is 17.4 Å². The first-order valence-corrected chi connectivity index (χ1v) is 0. The molecule has 1 radical (unpaired) electrons. The smallest absolute Gasteiger partial charge is 0.0125 e. The molecule has 0 aliphatic heterocycles.